The molecule has 0 aliphatic carbocycles. The number of carbonyl (C=O) groups is 1. The third-order valence-electron chi connectivity index (χ3n) is 5.16. The van der Waals surface area contributed by atoms with Crippen LogP contribution in [0.25, 0.3) is 0 Å². The average molecular weight is 386 g/mol. The van der Waals surface area contributed by atoms with Gasteiger partial charge in [0.05, 0.1) is 27.4 Å². The van der Waals surface area contributed by atoms with Crippen molar-refractivity contribution in [3.05, 3.63) is 47.8 Å². The fraction of sp³-hybridized carbons (Fsp3) is 0.429. The van der Waals surface area contributed by atoms with E-state index in [0.717, 1.165) is 24.0 Å². The van der Waals surface area contributed by atoms with Crippen LogP contribution in [0.4, 0.5) is 0 Å². The zero-order chi connectivity index (χ0) is 20.1. The van der Waals surface area contributed by atoms with Crippen LogP contribution in [0.5, 0.6) is 17.2 Å². The van der Waals surface area contributed by atoms with Crippen molar-refractivity contribution < 1.29 is 24.1 Å². The SMILES string of the molecule is COc1cc(C(c2cccnc2)N2CCCCC2C(=O)O)cc(OC)c1OC. The highest BCUT2D eigenvalue weighted by atomic mass is 16.5. The Bertz CT molecular complexity index is 787. The lowest BCUT2D eigenvalue weighted by Gasteiger charge is -2.39. The largest absolute Gasteiger partial charge is 0.493 e. The second-order valence-corrected chi connectivity index (χ2v) is 6.74. The van der Waals surface area contributed by atoms with Crippen molar-refractivity contribution in [1.29, 1.82) is 0 Å². The standard InChI is InChI=1S/C21H26N2O5/c1-26-17-11-15(12-18(27-2)20(17)28-3)19(14-7-6-9-22-13-14)23-10-5-4-8-16(23)21(24)25/h6-7,9,11-13,16,19H,4-5,8,10H2,1-3H3,(H,24,25). The van der Waals surface area contributed by atoms with Crippen molar-refractivity contribution in [3.8, 4) is 17.2 Å². The molecule has 1 saturated heterocycles. The highest BCUT2D eigenvalue weighted by Gasteiger charge is 2.36. The smallest absolute Gasteiger partial charge is 0.320 e. The molecule has 1 aliphatic rings. The summed E-state index contributed by atoms with van der Waals surface area (Å²) in [6.07, 6.45) is 5.96. The Labute approximate surface area is 164 Å². The number of ether oxygens (including phenoxy) is 3. The van der Waals surface area contributed by atoms with Crippen LogP contribution in [0.15, 0.2) is 36.7 Å². The summed E-state index contributed by atoms with van der Waals surface area (Å²) in [7, 11) is 4.70. The number of likely N-dealkylation sites (tertiary alicyclic amines) is 1. The first kappa shape index (κ1) is 19.9. The fourth-order valence-corrected chi connectivity index (χ4v) is 3.90. The number of rotatable bonds is 7. The van der Waals surface area contributed by atoms with E-state index in [2.05, 4.69) is 4.98 Å². The van der Waals surface area contributed by atoms with Crippen molar-refractivity contribution >= 4 is 5.97 Å². The zero-order valence-electron chi connectivity index (χ0n) is 16.4. The van der Waals surface area contributed by atoms with Gasteiger partial charge in [-0.05, 0) is 48.7 Å². The van der Waals surface area contributed by atoms with Gasteiger partial charge in [-0.1, -0.05) is 12.5 Å². The number of aromatic nitrogens is 1. The Morgan fingerprint density at radius 1 is 1.14 bits per heavy atom. The number of aliphatic carboxylic acids is 1. The molecule has 2 aromatic rings. The van der Waals surface area contributed by atoms with Gasteiger partial charge >= 0.3 is 5.97 Å². The predicted molar refractivity (Wildman–Crippen MR) is 104 cm³/mol. The summed E-state index contributed by atoms with van der Waals surface area (Å²) in [5.41, 5.74) is 1.79. The van der Waals surface area contributed by atoms with Gasteiger partial charge in [0.25, 0.3) is 0 Å². The fourth-order valence-electron chi connectivity index (χ4n) is 3.90. The van der Waals surface area contributed by atoms with Crippen LogP contribution in [0.1, 0.15) is 36.4 Å². The maximum atomic E-state index is 12.0. The minimum atomic E-state index is -0.805. The van der Waals surface area contributed by atoms with E-state index in [0.29, 0.717) is 30.2 Å². The average Bonchev–Trinajstić information content (AvgIpc) is 2.74. The van der Waals surface area contributed by atoms with Gasteiger partial charge in [0.15, 0.2) is 11.5 Å². The lowest BCUT2D eigenvalue weighted by Crippen LogP contribution is -2.46. The molecule has 2 unspecified atom stereocenters. The summed E-state index contributed by atoms with van der Waals surface area (Å²) in [6.45, 7) is 0.688. The van der Waals surface area contributed by atoms with Crippen molar-refractivity contribution in [2.24, 2.45) is 0 Å². The second-order valence-electron chi connectivity index (χ2n) is 6.74. The minimum absolute atomic E-state index is 0.288. The van der Waals surface area contributed by atoms with Crippen molar-refractivity contribution in [2.75, 3.05) is 27.9 Å². The third kappa shape index (κ3) is 3.89. The van der Waals surface area contributed by atoms with E-state index in [-0.39, 0.29) is 6.04 Å². The van der Waals surface area contributed by atoms with E-state index >= 15 is 0 Å². The highest BCUT2D eigenvalue weighted by molar-refractivity contribution is 5.73. The van der Waals surface area contributed by atoms with Crippen molar-refractivity contribution in [3.63, 3.8) is 0 Å². The van der Waals surface area contributed by atoms with Crippen LogP contribution in [0.3, 0.4) is 0 Å². The van der Waals surface area contributed by atoms with Gasteiger partial charge in [0, 0.05) is 12.4 Å². The minimum Gasteiger partial charge on any atom is -0.493 e. The van der Waals surface area contributed by atoms with E-state index in [1.807, 2.05) is 29.2 Å². The molecule has 0 bridgehead atoms. The molecule has 1 fully saturated rings. The number of hydrogen-bond acceptors (Lipinski definition) is 6. The number of piperidine rings is 1. The Morgan fingerprint density at radius 2 is 1.86 bits per heavy atom. The predicted octanol–water partition coefficient (Wildman–Crippen LogP) is 3.14. The summed E-state index contributed by atoms with van der Waals surface area (Å²) < 4.78 is 16.5. The number of benzene rings is 1. The third-order valence-corrected chi connectivity index (χ3v) is 5.16. The summed E-state index contributed by atoms with van der Waals surface area (Å²) in [5.74, 6) is 0.775. The Morgan fingerprint density at radius 3 is 2.39 bits per heavy atom. The Hall–Kier alpha value is -2.80. The molecule has 0 spiro atoms. The molecule has 28 heavy (non-hydrogen) atoms. The second kappa shape index (κ2) is 8.93. The van der Waals surface area contributed by atoms with Crippen molar-refractivity contribution in [2.45, 2.75) is 31.3 Å². The first-order valence-corrected chi connectivity index (χ1v) is 9.29. The van der Waals surface area contributed by atoms with Gasteiger partial charge in [-0.25, -0.2) is 0 Å². The molecular weight excluding hydrogens is 360 g/mol. The molecule has 2 atom stereocenters. The maximum absolute atomic E-state index is 12.0. The molecule has 7 heteroatoms. The zero-order valence-corrected chi connectivity index (χ0v) is 16.4. The van der Waals surface area contributed by atoms with E-state index in [1.165, 1.54) is 0 Å². The van der Waals surface area contributed by atoms with Crippen LogP contribution < -0.4 is 14.2 Å². The van der Waals surface area contributed by atoms with Crippen LogP contribution in [0.2, 0.25) is 0 Å². The Kier molecular flexibility index (Phi) is 6.36. The lowest BCUT2D eigenvalue weighted by molar-refractivity contribution is -0.145. The molecule has 0 saturated carbocycles. The van der Waals surface area contributed by atoms with Crippen LogP contribution >= 0.6 is 0 Å². The molecule has 1 aromatic heterocycles. The molecule has 1 aromatic carbocycles. The van der Waals surface area contributed by atoms with Crippen molar-refractivity contribution in [1.82, 2.24) is 9.88 Å². The van der Waals surface area contributed by atoms with Crippen LogP contribution in [-0.4, -0.2) is 54.9 Å². The summed E-state index contributed by atoms with van der Waals surface area (Å²) >= 11 is 0. The monoisotopic (exact) mass is 386 g/mol. The van der Waals surface area contributed by atoms with Crippen LogP contribution in [-0.2, 0) is 4.79 Å². The molecule has 1 aliphatic heterocycles. The molecular formula is C21H26N2O5. The van der Waals surface area contributed by atoms with Gasteiger partial charge in [-0.2, -0.15) is 0 Å². The summed E-state index contributed by atoms with van der Waals surface area (Å²) in [5, 5.41) is 9.81. The quantitative estimate of drug-likeness (QED) is 0.783. The van der Waals surface area contributed by atoms with E-state index in [9.17, 15) is 9.90 Å². The molecule has 0 radical (unpaired) electrons. The van der Waals surface area contributed by atoms with E-state index in [1.54, 1.807) is 33.7 Å². The van der Waals surface area contributed by atoms with Gasteiger partial charge in [0.2, 0.25) is 5.75 Å². The molecule has 150 valence electrons. The molecule has 1 N–H and O–H groups in total. The first-order chi connectivity index (χ1) is 13.6. The molecule has 2 heterocycles. The van der Waals surface area contributed by atoms with Gasteiger partial charge in [-0.3, -0.25) is 14.7 Å². The van der Waals surface area contributed by atoms with Gasteiger partial charge in [-0.15, -0.1) is 0 Å². The molecule has 7 nitrogen and oxygen atoms in total. The first-order valence-electron chi connectivity index (χ1n) is 9.29. The Balaban J connectivity index is 2.16. The molecule has 3 rings (SSSR count). The van der Waals surface area contributed by atoms with Gasteiger partial charge in [0.1, 0.15) is 6.04 Å². The normalized spacial score (nSPS) is 18.3. The molecule has 0 amide bonds. The number of hydrogen-bond donors (Lipinski definition) is 1. The highest BCUT2D eigenvalue weighted by Crippen LogP contribution is 2.43. The maximum Gasteiger partial charge on any atom is 0.320 e. The number of carboxylic acid groups (broad SMARTS) is 1. The van der Waals surface area contributed by atoms with E-state index in [4.69, 9.17) is 14.2 Å². The van der Waals surface area contributed by atoms with E-state index < -0.39 is 12.0 Å². The van der Waals surface area contributed by atoms with Crippen LogP contribution in [0, 0.1) is 0 Å². The number of nitrogens with zero attached hydrogens (tertiary/aromatic N) is 2. The number of pyridine rings is 1. The number of methoxy groups -OCH3 is 3. The summed E-state index contributed by atoms with van der Waals surface area (Å²) in [4.78, 5) is 18.2. The lowest BCUT2D eigenvalue weighted by atomic mass is 9.92. The number of carboxylic acids is 1. The van der Waals surface area contributed by atoms with Gasteiger partial charge < -0.3 is 19.3 Å². The summed E-state index contributed by atoms with van der Waals surface area (Å²) in [6, 6.07) is 6.75. The topological polar surface area (TPSA) is 81.1 Å².